The van der Waals surface area contributed by atoms with Crippen molar-refractivity contribution in [3.05, 3.63) is 44.0 Å². The Kier molecular flexibility index (Phi) is 5.34. The van der Waals surface area contributed by atoms with E-state index in [1.807, 2.05) is 0 Å². The number of benzene rings is 1. The van der Waals surface area contributed by atoms with Gasteiger partial charge in [0.15, 0.2) is 0 Å². The van der Waals surface area contributed by atoms with Gasteiger partial charge in [0.25, 0.3) is 11.4 Å². The molecule has 1 aromatic carbocycles. The number of aliphatic hydroxyl groups excluding tert-OH is 1. The fourth-order valence-corrected chi connectivity index (χ4v) is 1.64. The maximum Gasteiger partial charge on any atom is 0.279 e. The van der Waals surface area contributed by atoms with E-state index >= 15 is 0 Å². The Morgan fingerprint density at radius 2 is 2.00 bits per heavy atom. The molecule has 0 saturated carbocycles. The average molecular weight is 270 g/mol. The Morgan fingerprint density at radius 1 is 1.32 bits per heavy atom. The van der Waals surface area contributed by atoms with Crippen molar-refractivity contribution in [2.45, 2.75) is 18.9 Å². The number of nitro benzene ring substituents is 2. The number of aryl methyl sites for hydroxylation is 1. The van der Waals surface area contributed by atoms with E-state index in [9.17, 15) is 25.3 Å². The molecule has 0 spiro atoms. The number of rotatable bonds is 7. The molecule has 0 aromatic heterocycles. The lowest BCUT2D eigenvalue weighted by atomic mass is 10.0. The zero-order valence-electron chi connectivity index (χ0n) is 10.3. The summed E-state index contributed by atoms with van der Waals surface area (Å²) in [6, 6.07) is 3.48. The minimum atomic E-state index is -0.722. The van der Waals surface area contributed by atoms with Crippen molar-refractivity contribution < 1.29 is 19.7 Å². The zero-order chi connectivity index (χ0) is 14.4. The minimum Gasteiger partial charge on any atom is -0.391 e. The third-order valence-corrected chi connectivity index (χ3v) is 2.58. The standard InChI is InChI=1S/C11H14N2O6/c1-19-7-10(14)5-3-8-2-4-9(12(15)16)6-11(8)13(17)18/h2,4,6,10,14H,3,5,7H2,1H3. The van der Waals surface area contributed by atoms with E-state index in [4.69, 9.17) is 4.74 Å². The molecule has 1 rings (SSSR count). The highest BCUT2D eigenvalue weighted by molar-refractivity contribution is 5.49. The van der Waals surface area contributed by atoms with Gasteiger partial charge in [-0.25, -0.2) is 0 Å². The molecule has 1 atom stereocenters. The summed E-state index contributed by atoms with van der Waals surface area (Å²) in [5.74, 6) is 0. The molecule has 8 nitrogen and oxygen atoms in total. The molecule has 0 amide bonds. The smallest absolute Gasteiger partial charge is 0.279 e. The molecule has 0 aliphatic rings. The molecule has 0 aliphatic heterocycles. The van der Waals surface area contributed by atoms with Crippen molar-refractivity contribution in [2.75, 3.05) is 13.7 Å². The monoisotopic (exact) mass is 270 g/mol. The average Bonchev–Trinajstić information content (AvgIpc) is 2.36. The number of ether oxygens (including phenoxy) is 1. The van der Waals surface area contributed by atoms with Crippen LogP contribution >= 0.6 is 0 Å². The second-order valence-corrected chi connectivity index (χ2v) is 3.98. The number of non-ortho nitro benzene ring substituents is 1. The Balaban J connectivity index is 2.88. The molecule has 19 heavy (non-hydrogen) atoms. The van der Waals surface area contributed by atoms with E-state index in [1.165, 1.54) is 19.2 Å². The van der Waals surface area contributed by atoms with Gasteiger partial charge in [-0.05, 0) is 18.9 Å². The van der Waals surface area contributed by atoms with Crippen LogP contribution in [0.25, 0.3) is 0 Å². The highest BCUT2D eigenvalue weighted by Crippen LogP contribution is 2.25. The summed E-state index contributed by atoms with van der Waals surface area (Å²) >= 11 is 0. The van der Waals surface area contributed by atoms with Crippen LogP contribution in [0.1, 0.15) is 12.0 Å². The topological polar surface area (TPSA) is 116 Å². The van der Waals surface area contributed by atoms with Gasteiger partial charge in [0, 0.05) is 18.7 Å². The van der Waals surface area contributed by atoms with Crippen LogP contribution in [-0.2, 0) is 11.2 Å². The van der Waals surface area contributed by atoms with Crippen molar-refractivity contribution in [3.63, 3.8) is 0 Å². The quantitative estimate of drug-likeness (QED) is 0.592. The van der Waals surface area contributed by atoms with Crippen LogP contribution in [0.5, 0.6) is 0 Å². The number of nitrogens with zero attached hydrogens (tertiary/aromatic N) is 2. The zero-order valence-corrected chi connectivity index (χ0v) is 10.3. The van der Waals surface area contributed by atoms with Gasteiger partial charge in [0.1, 0.15) is 0 Å². The van der Waals surface area contributed by atoms with Gasteiger partial charge < -0.3 is 9.84 Å². The molecule has 0 bridgehead atoms. The highest BCUT2D eigenvalue weighted by Gasteiger charge is 2.19. The fourth-order valence-electron chi connectivity index (χ4n) is 1.64. The van der Waals surface area contributed by atoms with Gasteiger partial charge in [-0.1, -0.05) is 0 Å². The Labute approximate surface area is 108 Å². The Hall–Kier alpha value is -2.06. The van der Waals surface area contributed by atoms with Crippen LogP contribution in [0.15, 0.2) is 18.2 Å². The molecule has 8 heteroatoms. The highest BCUT2D eigenvalue weighted by atomic mass is 16.6. The minimum absolute atomic E-state index is 0.140. The summed E-state index contributed by atoms with van der Waals surface area (Å²) < 4.78 is 4.75. The molecular formula is C11H14N2O6. The molecule has 0 heterocycles. The first-order chi connectivity index (χ1) is 8.95. The van der Waals surface area contributed by atoms with Crippen LogP contribution in [0.3, 0.4) is 0 Å². The normalized spacial score (nSPS) is 12.1. The molecule has 104 valence electrons. The summed E-state index contributed by atoms with van der Waals surface area (Å²) in [5, 5.41) is 30.9. The predicted octanol–water partition coefficient (Wildman–Crippen LogP) is 1.44. The van der Waals surface area contributed by atoms with Crippen LogP contribution in [-0.4, -0.2) is 34.8 Å². The van der Waals surface area contributed by atoms with Gasteiger partial charge in [0.05, 0.1) is 28.6 Å². The first-order valence-corrected chi connectivity index (χ1v) is 5.54. The van der Waals surface area contributed by atoms with Gasteiger partial charge in [-0.3, -0.25) is 20.2 Å². The van der Waals surface area contributed by atoms with E-state index in [0.29, 0.717) is 5.56 Å². The van der Waals surface area contributed by atoms with E-state index in [0.717, 1.165) is 6.07 Å². The number of hydrogen-bond donors (Lipinski definition) is 1. The summed E-state index contributed by atoms with van der Waals surface area (Å²) in [7, 11) is 1.44. The largest absolute Gasteiger partial charge is 0.391 e. The van der Waals surface area contributed by atoms with Crippen molar-refractivity contribution in [1.82, 2.24) is 0 Å². The van der Waals surface area contributed by atoms with Gasteiger partial charge >= 0.3 is 0 Å². The van der Waals surface area contributed by atoms with E-state index in [2.05, 4.69) is 0 Å². The first kappa shape index (κ1) is 15.0. The molecular weight excluding hydrogens is 256 g/mol. The summed E-state index contributed by atoms with van der Waals surface area (Å²) in [4.78, 5) is 20.1. The third-order valence-electron chi connectivity index (χ3n) is 2.58. The maximum absolute atomic E-state index is 10.9. The SMILES string of the molecule is COCC(O)CCc1ccc([N+](=O)[O-])cc1[N+](=O)[O-]. The molecule has 0 fully saturated rings. The molecule has 1 N–H and O–H groups in total. The fraction of sp³-hybridized carbons (Fsp3) is 0.455. The number of methoxy groups -OCH3 is 1. The lowest BCUT2D eigenvalue weighted by molar-refractivity contribution is -0.394. The lowest BCUT2D eigenvalue weighted by Gasteiger charge is -2.09. The Morgan fingerprint density at radius 3 is 2.53 bits per heavy atom. The van der Waals surface area contributed by atoms with Gasteiger partial charge in [-0.15, -0.1) is 0 Å². The van der Waals surface area contributed by atoms with Crippen LogP contribution in [0.4, 0.5) is 11.4 Å². The van der Waals surface area contributed by atoms with Crippen molar-refractivity contribution in [1.29, 1.82) is 0 Å². The number of hydrogen-bond acceptors (Lipinski definition) is 6. The van der Waals surface area contributed by atoms with Crippen LogP contribution < -0.4 is 0 Å². The van der Waals surface area contributed by atoms with E-state index in [1.54, 1.807) is 0 Å². The van der Waals surface area contributed by atoms with Crippen molar-refractivity contribution in [3.8, 4) is 0 Å². The summed E-state index contributed by atoms with van der Waals surface area (Å²) in [6.07, 6.45) is -0.189. The Bertz CT molecular complexity index is 476. The number of aliphatic hydroxyl groups is 1. The summed E-state index contributed by atoms with van der Waals surface area (Å²) in [5.41, 5.74) is -0.280. The third kappa shape index (κ3) is 4.27. The molecule has 1 aromatic rings. The first-order valence-electron chi connectivity index (χ1n) is 5.54. The molecule has 0 saturated heterocycles. The van der Waals surface area contributed by atoms with Crippen molar-refractivity contribution in [2.24, 2.45) is 0 Å². The maximum atomic E-state index is 10.9. The van der Waals surface area contributed by atoms with Gasteiger partial charge in [-0.2, -0.15) is 0 Å². The summed E-state index contributed by atoms with van der Waals surface area (Å²) in [6.45, 7) is 0.140. The van der Waals surface area contributed by atoms with Crippen molar-refractivity contribution >= 4 is 11.4 Å². The van der Waals surface area contributed by atoms with Crippen LogP contribution in [0.2, 0.25) is 0 Å². The molecule has 1 unspecified atom stereocenters. The predicted molar refractivity (Wildman–Crippen MR) is 66.0 cm³/mol. The second kappa shape index (κ2) is 6.76. The van der Waals surface area contributed by atoms with E-state index < -0.39 is 16.0 Å². The molecule has 0 aliphatic carbocycles. The lowest BCUT2D eigenvalue weighted by Crippen LogP contribution is -2.15. The second-order valence-electron chi connectivity index (χ2n) is 3.98. The van der Waals surface area contributed by atoms with E-state index in [-0.39, 0.29) is 30.8 Å². The molecule has 0 radical (unpaired) electrons. The number of nitro groups is 2. The van der Waals surface area contributed by atoms with Gasteiger partial charge in [0.2, 0.25) is 0 Å². The van der Waals surface area contributed by atoms with Crippen LogP contribution in [0, 0.1) is 20.2 Å².